The van der Waals surface area contributed by atoms with Gasteiger partial charge in [0.1, 0.15) is 6.29 Å². The highest BCUT2D eigenvalue weighted by atomic mass is 16.5. The Bertz CT molecular complexity index is 294. The van der Waals surface area contributed by atoms with Crippen molar-refractivity contribution in [1.29, 1.82) is 0 Å². The second-order valence-corrected chi connectivity index (χ2v) is 5.21. The number of carbonyl (C=O) groups is 3. The third-order valence-corrected chi connectivity index (χ3v) is 2.69. The minimum absolute atomic E-state index is 0.0417. The van der Waals surface area contributed by atoms with E-state index in [9.17, 15) is 14.4 Å². The van der Waals surface area contributed by atoms with Gasteiger partial charge >= 0.3 is 0 Å². The van der Waals surface area contributed by atoms with Gasteiger partial charge in [-0.25, -0.2) is 0 Å². The summed E-state index contributed by atoms with van der Waals surface area (Å²) in [5, 5.41) is 7.00. The second kappa shape index (κ2) is 12.3. The van der Waals surface area contributed by atoms with Crippen LogP contribution in [0.25, 0.3) is 0 Å². The Labute approximate surface area is 126 Å². The first-order valence-electron chi connectivity index (χ1n) is 6.74. The summed E-state index contributed by atoms with van der Waals surface area (Å²) >= 11 is 0. The first-order chi connectivity index (χ1) is 9.84. The molecule has 2 amide bonds. The van der Waals surface area contributed by atoms with Gasteiger partial charge in [-0.3, -0.25) is 9.59 Å². The van der Waals surface area contributed by atoms with E-state index in [1.54, 1.807) is 16.9 Å². The molecule has 0 atom stereocenters. The number of aliphatic hydroxyl groups excluding tert-OH is 1. The number of piperazine rings is 1. The zero-order valence-corrected chi connectivity index (χ0v) is 13.7. The molecule has 1 rings (SSSR count). The van der Waals surface area contributed by atoms with Crippen LogP contribution < -0.4 is 0 Å². The zero-order chi connectivity index (χ0) is 16.9. The molecule has 0 aromatic rings. The summed E-state index contributed by atoms with van der Waals surface area (Å²) < 4.78 is 4.94. The van der Waals surface area contributed by atoms with Crippen LogP contribution in [0.1, 0.15) is 27.2 Å². The molecule has 21 heavy (non-hydrogen) atoms. The number of hydrogen-bond acceptors (Lipinski definition) is 5. The van der Waals surface area contributed by atoms with Gasteiger partial charge in [0.2, 0.25) is 12.3 Å². The minimum Gasteiger partial charge on any atom is -0.400 e. The third kappa shape index (κ3) is 12.0. The van der Waals surface area contributed by atoms with E-state index in [1.165, 1.54) is 0 Å². The summed E-state index contributed by atoms with van der Waals surface area (Å²) in [5.41, 5.74) is 0.0417. The number of nitrogens with zero attached hydrogens (tertiary/aromatic N) is 2. The lowest BCUT2D eigenvalue weighted by atomic mass is 10.2. The highest BCUT2D eigenvalue weighted by molar-refractivity contribution is 5.88. The largest absolute Gasteiger partial charge is 0.400 e. The Balaban J connectivity index is 0. The van der Waals surface area contributed by atoms with E-state index in [0.717, 1.165) is 13.5 Å². The summed E-state index contributed by atoms with van der Waals surface area (Å²) in [7, 11) is 2.71. The lowest BCUT2D eigenvalue weighted by Crippen LogP contribution is -2.48. The Morgan fingerprint density at radius 3 is 1.86 bits per heavy atom. The van der Waals surface area contributed by atoms with E-state index in [0.29, 0.717) is 32.5 Å². The number of methoxy groups -OCH3 is 1. The lowest BCUT2D eigenvalue weighted by molar-refractivity contribution is -0.136. The number of carbonyl (C=O) groups excluding carboxylic acids is 3. The van der Waals surface area contributed by atoms with Crippen molar-refractivity contribution in [3.63, 3.8) is 0 Å². The fourth-order valence-electron chi connectivity index (χ4n) is 1.28. The number of rotatable bonds is 3. The molecule has 1 fully saturated rings. The van der Waals surface area contributed by atoms with Crippen LogP contribution in [0.2, 0.25) is 0 Å². The van der Waals surface area contributed by atoms with Crippen molar-refractivity contribution in [3.8, 4) is 0 Å². The maximum atomic E-state index is 11.2. The molecule has 0 spiro atoms. The molecule has 1 aliphatic heterocycles. The summed E-state index contributed by atoms with van der Waals surface area (Å²) in [5.74, 6) is -0.152. The molecule has 7 heteroatoms. The molecule has 1 aliphatic rings. The summed E-state index contributed by atoms with van der Waals surface area (Å²) in [4.78, 5) is 34.8. The average molecular weight is 304 g/mol. The molecular formula is C14H28N2O5. The van der Waals surface area contributed by atoms with E-state index in [4.69, 9.17) is 9.84 Å². The average Bonchev–Trinajstić information content (AvgIpc) is 2.49. The predicted octanol–water partition coefficient (Wildman–Crippen LogP) is -0.0842. The van der Waals surface area contributed by atoms with Crippen molar-refractivity contribution in [3.05, 3.63) is 0 Å². The van der Waals surface area contributed by atoms with Gasteiger partial charge < -0.3 is 24.4 Å². The normalized spacial score (nSPS) is 14.2. The van der Waals surface area contributed by atoms with Gasteiger partial charge in [-0.15, -0.1) is 0 Å². The summed E-state index contributed by atoms with van der Waals surface area (Å²) in [6, 6.07) is 0. The molecule has 1 heterocycles. The van der Waals surface area contributed by atoms with Crippen molar-refractivity contribution >= 4 is 18.6 Å². The molecule has 0 radical (unpaired) electrons. The smallest absolute Gasteiger partial charge is 0.229 e. The Kier molecular flexibility index (Phi) is 12.8. The molecule has 1 saturated heterocycles. The first-order valence-corrected chi connectivity index (χ1v) is 6.74. The predicted molar refractivity (Wildman–Crippen MR) is 79.8 cm³/mol. The van der Waals surface area contributed by atoms with Crippen molar-refractivity contribution in [2.75, 3.05) is 40.4 Å². The van der Waals surface area contributed by atoms with Gasteiger partial charge in [0, 0.05) is 40.4 Å². The maximum Gasteiger partial charge on any atom is 0.229 e. The van der Waals surface area contributed by atoms with Crippen LogP contribution in [0.3, 0.4) is 0 Å². The van der Waals surface area contributed by atoms with Crippen LogP contribution in [0.5, 0.6) is 0 Å². The summed E-state index contributed by atoms with van der Waals surface area (Å²) in [6.45, 7) is 8.26. The SMILES string of the molecule is CO.COC(C)(C)C.O=CCC(=O)N1CCN(C=O)CC1. The topological polar surface area (TPSA) is 87.2 Å². The molecule has 0 unspecified atom stereocenters. The van der Waals surface area contributed by atoms with E-state index in [2.05, 4.69) is 0 Å². The Morgan fingerprint density at radius 1 is 1.14 bits per heavy atom. The fraction of sp³-hybridized carbons (Fsp3) is 0.786. The van der Waals surface area contributed by atoms with Crippen molar-refractivity contribution in [1.82, 2.24) is 9.80 Å². The fourth-order valence-corrected chi connectivity index (χ4v) is 1.28. The highest BCUT2D eigenvalue weighted by Gasteiger charge is 2.19. The van der Waals surface area contributed by atoms with Crippen LogP contribution in [-0.2, 0) is 19.1 Å². The van der Waals surface area contributed by atoms with Crippen molar-refractivity contribution in [2.24, 2.45) is 0 Å². The Morgan fingerprint density at radius 2 is 1.57 bits per heavy atom. The molecule has 0 bridgehead atoms. The number of hydrogen-bond donors (Lipinski definition) is 1. The number of ether oxygens (including phenoxy) is 1. The van der Waals surface area contributed by atoms with Gasteiger partial charge in [-0.1, -0.05) is 0 Å². The molecule has 7 nitrogen and oxygen atoms in total. The maximum absolute atomic E-state index is 11.2. The molecule has 0 aromatic carbocycles. The monoisotopic (exact) mass is 304 g/mol. The van der Waals surface area contributed by atoms with Gasteiger partial charge in [-0.05, 0) is 20.8 Å². The van der Waals surface area contributed by atoms with Crippen LogP contribution in [-0.4, -0.2) is 79.5 Å². The quantitative estimate of drug-likeness (QED) is 0.582. The van der Waals surface area contributed by atoms with E-state index >= 15 is 0 Å². The number of aliphatic hydroxyl groups is 1. The van der Waals surface area contributed by atoms with E-state index in [1.807, 2.05) is 20.8 Å². The Hall–Kier alpha value is -1.47. The number of aldehydes is 1. The van der Waals surface area contributed by atoms with Crippen LogP contribution in [0.15, 0.2) is 0 Å². The second-order valence-electron chi connectivity index (χ2n) is 5.21. The van der Waals surface area contributed by atoms with Gasteiger partial charge in [-0.2, -0.15) is 0 Å². The van der Waals surface area contributed by atoms with Gasteiger partial charge in [0.05, 0.1) is 12.0 Å². The highest BCUT2D eigenvalue weighted by Crippen LogP contribution is 2.02. The molecular weight excluding hydrogens is 276 g/mol. The van der Waals surface area contributed by atoms with Gasteiger partial charge in [0.25, 0.3) is 0 Å². The minimum atomic E-state index is -0.152. The first kappa shape index (κ1) is 21.8. The third-order valence-electron chi connectivity index (χ3n) is 2.69. The number of amides is 2. The van der Waals surface area contributed by atoms with Crippen LogP contribution in [0.4, 0.5) is 0 Å². The standard InChI is InChI=1S/C8H12N2O3.C5H12O.CH4O/c11-6-1-8(13)10-4-2-9(7-12)3-5-10;1-5(2,3)6-4;1-2/h6-7H,1-5H2;1-4H3;2H,1H3. The van der Waals surface area contributed by atoms with Crippen molar-refractivity contribution in [2.45, 2.75) is 32.8 Å². The molecule has 0 aromatic heterocycles. The molecule has 1 N–H and O–H groups in total. The molecule has 0 aliphatic carbocycles. The van der Waals surface area contributed by atoms with Gasteiger partial charge in [0.15, 0.2) is 0 Å². The van der Waals surface area contributed by atoms with Crippen molar-refractivity contribution < 1.29 is 24.2 Å². The molecule has 124 valence electrons. The van der Waals surface area contributed by atoms with Crippen LogP contribution >= 0.6 is 0 Å². The van der Waals surface area contributed by atoms with E-state index < -0.39 is 0 Å². The molecule has 0 saturated carbocycles. The van der Waals surface area contributed by atoms with Crippen LogP contribution in [0, 0.1) is 0 Å². The van der Waals surface area contributed by atoms with E-state index in [-0.39, 0.29) is 17.9 Å². The zero-order valence-electron chi connectivity index (χ0n) is 13.7. The lowest BCUT2D eigenvalue weighted by Gasteiger charge is -2.32. The summed E-state index contributed by atoms with van der Waals surface area (Å²) in [6.07, 6.45) is 1.33.